The van der Waals surface area contributed by atoms with Gasteiger partial charge in [0.2, 0.25) is 11.0 Å². The van der Waals surface area contributed by atoms with E-state index in [2.05, 4.69) is 30.9 Å². The van der Waals surface area contributed by atoms with Gasteiger partial charge in [0.25, 0.3) is 0 Å². The third-order valence-corrected chi connectivity index (χ3v) is 4.78. The van der Waals surface area contributed by atoms with Crippen molar-refractivity contribution in [2.45, 2.75) is 17.4 Å². The maximum Gasteiger partial charge on any atom is 0.422 e. The van der Waals surface area contributed by atoms with Crippen molar-refractivity contribution in [2.75, 3.05) is 29.5 Å². The number of hydrogen-bond acceptors (Lipinski definition) is 8. The molecule has 0 unspecified atom stereocenters. The molecule has 2 amide bonds. The van der Waals surface area contributed by atoms with Gasteiger partial charge in [0, 0.05) is 30.6 Å². The number of anilines is 3. The summed E-state index contributed by atoms with van der Waals surface area (Å²) in [6.07, 6.45) is -5.68. The topological polar surface area (TPSA) is 105 Å². The predicted molar refractivity (Wildman–Crippen MR) is 100 cm³/mol. The van der Waals surface area contributed by atoms with Crippen molar-refractivity contribution < 1.29 is 27.5 Å². The smallest absolute Gasteiger partial charge is 0.422 e. The molecule has 1 heterocycles. The standard InChI is InChI=1S/C15H16F3N5O3S2/c1-9(24)20-10-3-2-4-11(7-10)21-12-22-23-14(28-12)27-6-5-19-13(25)26-8-15(16,17)18/h2-4,7H,5-6,8H2,1H3,(H,19,25)(H,20,24)(H,21,22). The Labute approximate surface area is 166 Å². The van der Waals surface area contributed by atoms with Crippen LogP contribution in [0.4, 0.5) is 34.5 Å². The number of nitrogens with one attached hydrogen (secondary N) is 3. The molecule has 0 saturated heterocycles. The Bertz CT molecular complexity index is 816. The maximum absolute atomic E-state index is 11.9. The molecule has 1 aromatic heterocycles. The number of benzene rings is 1. The van der Waals surface area contributed by atoms with E-state index in [9.17, 15) is 22.8 Å². The van der Waals surface area contributed by atoms with E-state index in [1.165, 1.54) is 30.0 Å². The zero-order valence-electron chi connectivity index (χ0n) is 14.5. The van der Waals surface area contributed by atoms with Crippen molar-refractivity contribution in [1.29, 1.82) is 0 Å². The second-order valence-corrected chi connectivity index (χ2v) is 7.55. The molecule has 0 bridgehead atoms. The minimum atomic E-state index is -4.55. The summed E-state index contributed by atoms with van der Waals surface area (Å²) in [6.45, 7) is -0.0950. The van der Waals surface area contributed by atoms with Gasteiger partial charge < -0.3 is 20.7 Å². The first kappa shape index (κ1) is 21.8. The molecule has 0 saturated carbocycles. The molecule has 0 atom stereocenters. The van der Waals surface area contributed by atoms with Gasteiger partial charge in [-0.1, -0.05) is 29.2 Å². The van der Waals surface area contributed by atoms with E-state index < -0.39 is 18.9 Å². The molecule has 1 aromatic carbocycles. The van der Waals surface area contributed by atoms with Crippen molar-refractivity contribution in [3.63, 3.8) is 0 Å². The van der Waals surface area contributed by atoms with Crippen molar-refractivity contribution in [3.8, 4) is 0 Å². The van der Waals surface area contributed by atoms with Crippen LogP contribution in [0.2, 0.25) is 0 Å². The second-order valence-electron chi connectivity index (χ2n) is 5.23. The Morgan fingerprint density at radius 3 is 2.71 bits per heavy atom. The number of alkyl carbamates (subject to hydrolysis) is 1. The summed E-state index contributed by atoms with van der Waals surface area (Å²) < 4.78 is 40.4. The lowest BCUT2D eigenvalue weighted by Gasteiger charge is -2.08. The highest BCUT2D eigenvalue weighted by Crippen LogP contribution is 2.28. The summed E-state index contributed by atoms with van der Waals surface area (Å²) in [5.74, 6) is 0.205. The lowest BCUT2D eigenvalue weighted by Crippen LogP contribution is -2.30. The van der Waals surface area contributed by atoms with Crippen LogP contribution in [0, 0.1) is 0 Å². The molecule has 2 aromatic rings. The number of halogens is 3. The number of nitrogens with zero attached hydrogens (tertiary/aromatic N) is 2. The van der Waals surface area contributed by atoms with E-state index in [-0.39, 0.29) is 12.5 Å². The number of carbonyl (C=O) groups is 2. The van der Waals surface area contributed by atoms with Crippen molar-refractivity contribution >= 4 is 51.6 Å². The van der Waals surface area contributed by atoms with Gasteiger partial charge in [0.1, 0.15) is 0 Å². The van der Waals surface area contributed by atoms with Crippen LogP contribution in [0.25, 0.3) is 0 Å². The number of hydrogen-bond donors (Lipinski definition) is 3. The van der Waals surface area contributed by atoms with E-state index >= 15 is 0 Å². The summed E-state index contributed by atoms with van der Waals surface area (Å²) in [4.78, 5) is 22.2. The average Bonchev–Trinajstić information content (AvgIpc) is 3.03. The third-order valence-electron chi connectivity index (χ3n) is 2.80. The number of thioether (sulfide) groups is 1. The Hall–Kier alpha value is -2.54. The van der Waals surface area contributed by atoms with Gasteiger partial charge in [0.15, 0.2) is 10.9 Å². The molecule has 13 heteroatoms. The average molecular weight is 435 g/mol. The van der Waals surface area contributed by atoms with Crippen molar-refractivity contribution in [3.05, 3.63) is 24.3 Å². The summed E-state index contributed by atoms with van der Waals surface area (Å²) in [5.41, 5.74) is 1.35. The van der Waals surface area contributed by atoms with Crippen LogP contribution < -0.4 is 16.0 Å². The van der Waals surface area contributed by atoms with Gasteiger partial charge in [0.05, 0.1) is 0 Å². The first-order valence-electron chi connectivity index (χ1n) is 7.79. The van der Waals surface area contributed by atoms with E-state index in [1.807, 2.05) is 0 Å². The number of alkyl halides is 3. The highest BCUT2D eigenvalue weighted by molar-refractivity contribution is 8.01. The van der Waals surface area contributed by atoms with Gasteiger partial charge in [-0.2, -0.15) is 13.2 Å². The van der Waals surface area contributed by atoms with E-state index in [0.717, 1.165) is 0 Å². The molecule has 2 rings (SSSR count). The molecule has 0 aliphatic heterocycles. The van der Waals surface area contributed by atoms with Crippen LogP contribution in [0.3, 0.4) is 0 Å². The fourth-order valence-electron chi connectivity index (χ4n) is 1.81. The predicted octanol–water partition coefficient (Wildman–Crippen LogP) is 3.62. The molecule has 152 valence electrons. The highest BCUT2D eigenvalue weighted by Gasteiger charge is 2.29. The quantitative estimate of drug-likeness (QED) is 0.430. The van der Waals surface area contributed by atoms with Gasteiger partial charge >= 0.3 is 12.3 Å². The van der Waals surface area contributed by atoms with Crippen LogP contribution in [0.1, 0.15) is 6.92 Å². The maximum atomic E-state index is 11.9. The Balaban J connectivity index is 1.74. The second kappa shape index (κ2) is 10.1. The van der Waals surface area contributed by atoms with Crippen LogP contribution >= 0.6 is 23.1 Å². The van der Waals surface area contributed by atoms with Crippen LogP contribution in [0.5, 0.6) is 0 Å². The fraction of sp³-hybridized carbons (Fsp3) is 0.333. The lowest BCUT2D eigenvalue weighted by atomic mass is 10.3. The summed E-state index contributed by atoms with van der Waals surface area (Å²) in [7, 11) is 0. The number of rotatable bonds is 8. The Kier molecular flexibility index (Phi) is 7.87. The molecule has 28 heavy (non-hydrogen) atoms. The number of carbonyl (C=O) groups excluding carboxylic acids is 2. The normalized spacial score (nSPS) is 11.0. The SMILES string of the molecule is CC(=O)Nc1cccc(Nc2nnc(SCCNC(=O)OCC(F)(F)F)s2)c1. The molecule has 3 N–H and O–H groups in total. The van der Waals surface area contributed by atoms with Gasteiger partial charge in [-0.15, -0.1) is 10.2 Å². The van der Waals surface area contributed by atoms with Crippen LogP contribution in [0.15, 0.2) is 28.6 Å². The van der Waals surface area contributed by atoms with E-state index in [1.54, 1.807) is 24.3 Å². The zero-order chi connectivity index (χ0) is 20.6. The number of ether oxygens (including phenoxy) is 1. The fourth-order valence-corrected chi connectivity index (χ4v) is 3.51. The van der Waals surface area contributed by atoms with E-state index in [0.29, 0.717) is 26.6 Å². The molecule has 0 spiro atoms. The van der Waals surface area contributed by atoms with Crippen LogP contribution in [-0.4, -0.2) is 47.3 Å². The van der Waals surface area contributed by atoms with Crippen molar-refractivity contribution in [2.24, 2.45) is 0 Å². The van der Waals surface area contributed by atoms with Gasteiger partial charge in [-0.25, -0.2) is 4.79 Å². The molecule has 0 aliphatic carbocycles. The van der Waals surface area contributed by atoms with Gasteiger partial charge in [-0.3, -0.25) is 4.79 Å². The molecular weight excluding hydrogens is 419 g/mol. The Morgan fingerprint density at radius 2 is 2.00 bits per heavy atom. The first-order valence-corrected chi connectivity index (χ1v) is 9.60. The van der Waals surface area contributed by atoms with Crippen LogP contribution in [-0.2, 0) is 9.53 Å². The monoisotopic (exact) mass is 435 g/mol. The minimum Gasteiger partial charge on any atom is -0.440 e. The highest BCUT2D eigenvalue weighted by atomic mass is 32.2. The van der Waals surface area contributed by atoms with Gasteiger partial charge in [-0.05, 0) is 18.2 Å². The molecule has 0 fully saturated rings. The zero-order valence-corrected chi connectivity index (χ0v) is 16.1. The molecular formula is C15H16F3N5O3S2. The summed E-state index contributed by atoms with van der Waals surface area (Å²) in [6, 6.07) is 7.07. The number of amides is 2. The largest absolute Gasteiger partial charge is 0.440 e. The molecule has 0 aliphatic rings. The minimum absolute atomic E-state index is 0.114. The summed E-state index contributed by atoms with van der Waals surface area (Å²) >= 11 is 2.55. The third kappa shape index (κ3) is 8.43. The van der Waals surface area contributed by atoms with E-state index in [4.69, 9.17) is 0 Å². The lowest BCUT2D eigenvalue weighted by molar-refractivity contribution is -0.160. The molecule has 8 nitrogen and oxygen atoms in total. The Morgan fingerprint density at radius 1 is 1.25 bits per heavy atom. The van der Waals surface area contributed by atoms with Crippen molar-refractivity contribution in [1.82, 2.24) is 15.5 Å². The summed E-state index contributed by atoms with van der Waals surface area (Å²) in [5, 5.41) is 16.4. The number of aromatic nitrogens is 2. The first-order chi connectivity index (χ1) is 13.2. The molecule has 0 radical (unpaired) electrons.